The lowest BCUT2D eigenvalue weighted by Gasteiger charge is -2.18. The molecule has 0 aliphatic heterocycles. The summed E-state index contributed by atoms with van der Waals surface area (Å²) in [6.45, 7) is 4.36. The molecule has 2 aromatic rings. The zero-order chi connectivity index (χ0) is 17.1. The number of aromatic nitrogens is 2. The predicted molar refractivity (Wildman–Crippen MR) is 97.5 cm³/mol. The van der Waals surface area contributed by atoms with E-state index in [0.29, 0.717) is 17.0 Å². The van der Waals surface area contributed by atoms with Crippen LogP contribution in [0, 0.1) is 5.92 Å². The smallest absolute Gasteiger partial charge is 0.240 e. The van der Waals surface area contributed by atoms with Gasteiger partial charge in [0.05, 0.1) is 6.54 Å². The molecule has 5 nitrogen and oxygen atoms in total. The molecule has 1 saturated carbocycles. The average Bonchev–Trinajstić information content (AvgIpc) is 3.27. The molecule has 128 valence electrons. The quantitative estimate of drug-likeness (QED) is 0.779. The Morgan fingerprint density at radius 2 is 2.00 bits per heavy atom. The highest BCUT2D eigenvalue weighted by atomic mass is 35.5. The van der Waals surface area contributed by atoms with Crippen LogP contribution in [0.4, 0.5) is 5.13 Å². The van der Waals surface area contributed by atoms with Gasteiger partial charge in [-0.05, 0) is 36.5 Å². The molecule has 2 N–H and O–H groups in total. The van der Waals surface area contributed by atoms with E-state index < -0.39 is 0 Å². The first-order valence-electron chi connectivity index (χ1n) is 8.15. The van der Waals surface area contributed by atoms with Crippen LogP contribution in [0.15, 0.2) is 24.3 Å². The van der Waals surface area contributed by atoms with E-state index in [1.54, 1.807) is 0 Å². The predicted octanol–water partition coefficient (Wildman–Crippen LogP) is 3.99. The summed E-state index contributed by atoms with van der Waals surface area (Å²) in [6.07, 6.45) is 2.38. The summed E-state index contributed by atoms with van der Waals surface area (Å²) in [5.74, 6) is 0.810. The average molecular weight is 365 g/mol. The van der Waals surface area contributed by atoms with Crippen molar-refractivity contribution in [3.05, 3.63) is 39.9 Å². The zero-order valence-electron chi connectivity index (χ0n) is 13.8. The number of rotatable bonds is 7. The second-order valence-electron chi connectivity index (χ2n) is 6.40. The molecule has 0 saturated heterocycles. The Kier molecular flexibility index (Phi) is 5.48. The van der Waals surface area contributed by atoms with Gasteiger partial charge in [0.1, 0.15) is 5.01 Å². The maximum Gasteiger partial charge on any atom is 0.240 e. The minimum atomic E-state index is -0.0962. The van der Waals surface area contributed by atoms with Crippen LogP contribution in [0.25, 0.3) is 0 Å². The lowest BCUT2D eigenvalue weighted by atomic mass is 10.0. The van der Waals surface area contributed by atoms with Gasteiger partial charge in [0.15, 0.2) is 0 Å². The Labute approximate surface area is 150 Å². The van der Waals surface area contributed by atoms with E-state index in [1.807, 2.05) is 24.3 Å². The van der Waals surface area contributed by atoms with Crippen molar-refractivity contribution in [2.24, 2.45) is 5.92 Å². The van der Waals surface area contributed by atoms with E-state index in [4.69, 9.17) is 11.6 Å². The summed E-state index contributed by atoms with van der Waals surface area (Å²) in [7, 11) is 0. The Morgan fingerprint density at radius 1 is 1.29 bits per heavy atom. The van der Waals surface area contributed by atoms with Gasteiger partial charge in [0, 0.05) is 17.0 Å². The van der Waals surface area contributed by atoms with Crippen LogP contribution >= 0.6 is 22.9 Å². The highest BCUT2D eigenvalue weighted by Crippen LogP contribution is 2.41. The van der Waals surface area contributed by atoms with E-state index in [1.165, 1.54) is 29.7 Å². The van der Waals surface area contributed by atoms with E-state index in [0.717, 1.165) is 10.0 Å². The highest BCUT2D eigenvalue weighted by Gasteiger charge is 2.32. The molecule has 1 atom stereocenters. The van der Waals surface area contributed by atoms with Gasteiger partial charge in [-0.25, -0.2) is 0 Å². The van der Waals surface area contributed by atoms with Gasteiger partial charge in [-0.1, -0.05) is 48.9 Å². The van der Waals surface area contributed by atoms with Crippen LogP contribution in [0.5, 0.6) is 0 Å². The van der Waals surface area contributed by atoms with Gasteiger partial charge < -0.3 is 5.32 Å². The van der Waals surface area contributed by atoms with Crippen molar-refractivity contribution in [1.82, 2.24) is 15.5 Å². The van der Waals surface area contributed by atoms with Crippen molar-refractivity contribution in [2.45, 2.75) is 38.6 Å². The van der Waals surface area contributed by atoms with E-state index in [9.17, 15) is 4.79 Å². The molecule has 1 unspecified atom stereocenters. The Bertz CT molecular complexity index is 697. The molecule has 0 radical (unpaired) electrons. The summed E-state index contributed by atoms with van der Waals surface area (Å²) in [4.78, 5) is 12.2. The lowest BCUT2D eigenvalue weighted by molar-refractivity contribution is -0.115. The van der Waals surface area contributed by atoms with Crippen LogP contribution in [-0.4, -0.2) is 22.6 Å². The van der Waals surface area contributed by atoms with Crippen molar-refractivity contribution < 1.29 is 4.79 Å². The molecule has 7 heteroatoms. The number of amides is 1. The molecule has 1 aliphatic carbocycles. The van der Waals surface area contributed by atoms with Crippen molar-refractivity contribution in [3.8, 4) is 0 Å². The van der Waals surface area contributed by atoms with Crippen LogP contribution in [0.2, 0.25) is 5.02 Å². The van der Waals surface area contributed by atoms with Crippen molar-refractivity contribution in [1.29, 1.82) is 0 Å². The number of nitrogens with zero attached hydrogens (tertiary/aromatic N) is 2. The van der Waals surface area contributed by atoms with Gasteiger partial charge >= 0.3 is 0 Å². The maximum atomic E-state index is 12.2. The van der Waals surface area contributed by atoms with Gasteiger partial charge in [-0.3, -0.25) is 10.1 Å². The fourth-order valence-corrected chi connectivity index (χ4v) is 3.43. The van der Waals surface area contributed by atoms with Crippen molar-refractivity contribution in [2.75, 3.05) is 11.9 Å². The molecular weight excluding hydrogens is 344 g/mol. The van der Waals surface area contributed by atoms with Gasteiger partial charge in [0.2, 0.25) is 11.0 Å². The van der Waals surface area contributed by atoms with Gasteiger partial charge in [0.25, 0.3) is 0 Å². The van der Waals surface area contributed by atoms with E-state index in [2.05, 4.69) is 34.7 Å². The molecule has 0 spiro atoms. The Hall–Kier alpha value is -1.50. The SMILES string of the molecule is CC(C)c1nnc(NC(=O)CNC(c2ccc(Cl)cc2)C2CC2)s1. The van der Waals surface area contributed by atoms with Crippen LogP contribution in [0.3, 0.4) is 0 Å². The number of hydrogen-bond acceptors (Lipinski definition) is 5. The fraction of sp³-hybridized carbons (Fsp3) is 0.471. The number of benzene rings is 1. The fourth-order valence-electron chi connectivity index (χ4n) is 2.54. The standard InChI is InChI=1S/C17H21ClN4OS/c1-10(2)16-21-22-17(24-16)20-14(23)9-19-15(11-3-4-11)12-5-7-13(18)8-6-12/h5-8,10-11,15,19H,3-4,9H2,1-2H3,(H,20,22,23). The molecule has 0 bridgehead atoms. The molecule has 1 aliphatic rings. The Balaban J connectivity index is 1.56. The number of halogens is 1. The number of hydrogen-bond donors (Lipinski definition) is 2. The molecule has 1 aromatic carbocycles. The first-order chi connectivity index (χ1) is 11.5. The first-order valence-corrected chi connectivity index (χ1v) is 9.34. The third-order valence-corrected chi connectivity index (χ3v) is 5.38. The molecule has 1 amide bonds. The third kappa shape index (κ3) is 4.53. The second-order valence-corrected chi connectivity index (χ2v) is 7.84. The zero-order valence-corrected chi connectivity index (χ0v) is 15.3. The lowest BCUT2D eigenvalue weighted by Crippen LogP contribution is -2.32. The maximum absolute atomic E-state index is 12.2. The molecular formula is C17H21ClN4OS. The number of nitrogens with one attached hydrogen (secondary N) is 2. The van der Waals surface area contributed by atoms with Gasteiger partial charge in [-0.2, -0.15) is 0 Å². The minimum Gasteiger partial charge on any atom is -0.301 e. The molecule has 24 heavy (non-hydrogen) atoms. The summed E-state index contributed by atoms with van der Waals surface area (Å²) < 4.78 is 0. The minimum absolute atomic E-state index is 0.0962. The number of carbonyl (C=O) groups excluding carboxylic acids is 1. The van der Waals surface area contributed by atoms with Crippen molar-refractivity contribution in [3.63, 3.8) is 0 Å². The summed E-state index contributed by atoms with van der Waals surface area (Å²) in [5, 5.41) is 16.5. The summed E-state index contributed by atoms with van der Waals surface area (Å²) >= 11 is 7.38. The van der Waals surface area contributed by atoms with Crippen LogP contribution < -0.4 is 10.6 Å². The van der Waals surface area contributed by atoms with E-state index in [-0.39, 0.29) is 18.5 Å². The highest BCUT2D eigenvalue weighted by molar-refractivity contribution is 7.15. The molecule has 1 heterocycles. The summed E-state index contributed by atoms with van der Waals surface area (Å²) in [5.41, 5.74) is 1.17. The number of carbonyl (C=O) groups is 1. The Morgan fingerprint density at radius 3 is 2.58 bits per heavy atom. The van der Waals surface area contributed by atoms with Crippen LogP contribution in [0.1, 0.15) is 49.2 Å². The molecule has 1 fully saturated rings. The largest absolute Gasteiger partial charge is 0.301 e. The monoisotopic (exact) mass is 364 g/mol. The summed E-state index contributed by atoms with van der Waals surface area (Å²) in [6, 6.07) is 8.02. The topological polar surface area (TPSA) is 66.9 Å². The second kappa shape index (κ2) is 7.59. The van der Waals surface area contributed by atoms with Crippen molar-refractivity contribution >= 4 is 34.0 Å². The third-order valence-electron chi connectivity index (χ3n) is 3.99. The van der Waals surface area contributed by atoms with Gasteiger partial charge in [-0.15, -0.1) is 10.2 Å². The molecule has 3 rings (SSSR count). The normalized spacial score (nSPS) is 15.5. The number of anilines is 1. The first kappa shape index (κ1) is 17.3. The molecule has 1 aromatic heterocycles. The van der Waals surface area contributed by atoms with Crippen LogP contribution in [-0.2, 0) is 4.79 Å². The van der Waals surface area contributed by atoms with E-state index >= 15 is 0 Å².